The number of aromatic nitrogens is 1. The third-order valence-electron chi connectivity index (χ3n) is 3.65. The molecule has 0 atom stereocenters. The predicted octanol–water partition coefficient (Wildman–Crippen LogP) is 4.06. The highest BCUT2D eigenvalue weighted by molar-refractivity contribution is 5.92. The summed E-state index contributed by atoms with van der Waals surface area (Å²) in [4.78, 5) is 6.61. The van der Waals surface area contributed by atoms with Gasteiger partial charge in [0.25, 0.3) is 0 Å². The van der Waals surface area contributed by atoms with Crippen LogP contribution in [0.2, 0.25) is 0 Å². The Labute approximate surface area is 136 Å². The van der Waals surface area contributed by atoms with E-state index < -0.39 is 0 Å². The molecule has 0 aliphatic rings. The number of hydrogen-bond acceptors (Lipinski definition) is 4. The number of aryl methyl sites for hydroxylation is 1. The molecule has 0 saturated heterocycles. The van der Waals surface area contributed by atoms with E-state index in [2.05, 4.69) is 44.7 Å². The standard InChI is InChI=1S/C19H20N4/c1-14-12-19(17-6-4-5-7-18(17)21-14)22-20-13-15-8-10-16(11-9-15)23(2)3/h4-13H,1-3H3,(H,21,22)/b20-13+. The Morgan fingerprint density at radius 1 is 1.04 bits per heavy atom. The van der Waals surface area contributed by atoms with E-state index in [1.54, 1.807) is 0 Å². The largest absolute Gasteiger partial charge is 0.378 e. The molecule has 0 aliphatic carbocycles. The number of para-hydroxylation sites is 1. The SMILES string of the molecule is Cc1cc(N/N=C/c2ccc(N(C)C)cc2)c2ccccc2n1. The van der Waals surface area contributed by atoms with Crippen molar-refractivity contribution >= 4 is 28.5 Å². The van der Waals surface area contributed by atoms with Crippen molar-refractivity contribution in [3.8, 4) is 0 Å². The smallest absolute Gasteiger partial charge is 0.0726 e. The molecule has 116 valence electrons. The van der Waals surface area contributed by atoms with Gasteiger partial charge in [-0.1, -0.05) is 30.3 Å². The number of hydrogen-bond donors (Lipinski definition) is 1. The van der Waals surface area contributed by atoms with E-state index in [1.807, 2.05) is 57.6 Å². The van der Waals surface area contributed by atoms with Gasteiger partial charge in [0.15, 0.2) is 0 Å². The van der Waals surface area contributed by atoms with Crippen LogP contribution in [0.25, 0.3) is 10.9 Å². The first kappa shape index (κ1) is 15.0. The number of nitrogens with one attached hydrogen (secondary N) is 1. The van der Waals surface area contributed by atoms with E-state index >= 15 is 0 Å². The number of rotatable bonds is 4. The molecule has 0 unspecified atom stereocenters. The van der Waals surface area contributed by atoms with Gasteiger partial charge in [-0.25, -0.2) is 0 Å². The lowest BCUT2D eigenvalue weighted by atomic mass is 10.1. The van der Waals surface area contributed by atoms with Gasteiger partial charge in [0.2, 0.25) is 0 Å². The Bertz CT molecular complexity index is 836. The average Bonchev–Trinajstić information content (AvgIpc) is 2.55. The van der Waals surface area contributed by atoms with Crippen molar-refractivity contribution in [1.29, 1.82) is 0 Å². The summed E-state index contributed by atoms with van der Waals surface area (Å²) < 4.78 is 0. The second kappa shape index (κ2) is 6.48. The molecule has 3 rings (SSSR count). The molecule has 4 heteroatoms. The van der Waals surface area contributed by atoms with Gasteiger partial charge in [0, 0.05) is 30.9 Å². The maximum absolute atomic E-state index is 4.53. The zero-order valence-electron chi connectivity index (χ0n) is 13.6. The van der Waals surface area contributed by atoms with Crippen molar-refractivity contribution in [1.82, 2.24) is 4.98 Å². The Morgan fingerprint density at radius 3 is 2.52 bits per heavy atom. The summed E-state index contributed by atoms with van der Waals surface area (Å²) in [6, 6.07) is 18.3. The van der Waals surface area contributed by atoms with Gasteiger partial charge in [-0.2, -0.15) is 5.10 Å². The van der Waals surface area contributed by atoms with Gasteiger partial charge in [-0.15, -0.1) is 0 Å². The van der Waals surface area contributed by atoms with Crippen LogP contribution >= 0.6 is 0 Å². The number of pyridine rings is 1. The lowest BCUT2D eigenvalue weighted by molar-refractivity contribution is 1.13. The zero-order valence-corrected chi connectivity index (χ0v) is 13.6. The number of hydrazone groups is 1. The van der Waals surface area contributed by atoms with Crippen LogP contribution < -0.4 is 10.3 Å². The van der Waals surface area contributed by atoms with Crippen LogP contribution in [-0.4, -0.2) is 25.3 Å². The third-order valence-corrected chi connectivity index (χ3v) is 3.65. The molecule has 0 amide bonds. The number of fused-ring (bicyclic) bond motifs is 1. The predicted molar refractivity (Wildman–Crippen MR) is 98.5 cm³/mol. The zero-order chi connectivity index (χ0) is 16.2. The first-order valence-corrected chi connectivity index (χ1v) is 7.56. The van der Waals surface area contributed by atoms with E-state index in [9.17, 15) is 0 Å². The Morgan fingerprint density at radius 2 is 1.78 bits per heavy atom. The quantitative estimate of drug-likeness (QED) is 0.584. The van der Waals surface area contributed by atoms with Gasteiger partial charge >= 0.3 is 0 Å². The van der Waals surface area contributed by atoms with Crippen LogP contribution in [0, 0.1) is 6.92 Å². The van der Waals surface area contributed by atoms with Gasteiger partial charge in [0.1, 0.15) is 0 Å². The first-order chi connectivity index (χ1) is 11.1. The fourth-order valence-electron chi connectivity index (χ4n) is 2.44. The minimum absolute atomic E-state index is 0.967. The Hall–Kier alpha value is -2.88. The van der Waals surface area contributed by atoms with E-state index in [4.69, 9.17) is 0 Å². The minimum atomic E-state index is 0.967. The molecule has 2 aromatic carbocycles. The summed E-state index contributed by atoms with van der Waals surface area (Å²) in [6.07, 6.45) is 1.82. The monoisotopic (exact) mass is 304 g/mol. The molecule has 23 heavy (non-hydrogen) atoms. The van der Waals surface area contributed by atoms with Crippen molar-refractivity contribution in [2.24, 2.45) is 5.10 Å². The summed E-state index contributed by atoms with van der Waals surface area (Å²) in [5.41, 5.74) is 8.27. The highest BCUT2D eigenvalue weighted by Gasteiger charge is 2.02. The van der Waals surface area contributed by atoms with Gasteiger partial charge in [0.05, 0.1) is 17.4 Å². The molecule has 1 aromatic heterocycles. The number of benzene rings is 2. The Kier molecular flexibility index (Phi) is 4.24. The Balaban J connectivity index is 1.80. The molecule has 0 radical (unpaired) electrons. The fourth-order valence-corrected chi connectivity index (χ4v) is 2.44. The van der Waals surface area contributed by atoms with Crippen LogP contribution in [0.4, 0.5) is 11.4 Å². The molecular formula is C19H20N4. The van der Waals surface area contributed by atoms with Gasteiger partial charge < -0.3 is 4.90 Å². The van der Waals surface area contributed by atoms with Crippen LogP contribution in [0.1, 0.15) is 11.3 Å². The number of anilines is 2. The van der Waals surface area contributed by atoms with Crippen molar-refractivity contribution in [3.63, 3.8) is 0 Å². The van der Waals surface area contributed by atoms with Crippen LogP contribution in [0.3, 0.4) is 0 Å². The molecule has 0 bridgehead atoms. The second-order valence-electron chi connectivity index (χ2n) is 5.68. The van der Waals surface area contributed by atoms with Gasteiger partial charge in [-0.3, -0.25) is 10.4 Å². The van der Waals surface area contributed by atoms with Crippen molar-refractivity contribution in [3.05, 3.63) is 65.9 Å². The molecule has 0 saturated carbocycles. The first-order valence-electron chi connectivity index (χ1n) is 7.56. The maximum atomic E-state index is 4.53. The average molecular weight is 304 g/mol. The molecule has 3 aromatic rings. The summed E-state index contributed by atoms with van der Waals surface area (Å²) in [5, 5.41) is 5.43. The molecule has 4 nitrogen and oxygen atoms in total. The summed E-state index contributed by atoms with van der Waals surface area (Å²) in [6.45, 7) is 1.99. The van der Waals surface area contributed by atoms with Crippen LogP contribution in [0.5, 0.6) is 0 Å². The van der Waals surface area contributed by atoms with Crippen molar-refractivity contribution in [2.45, 2.75) is 6.92 Å². The molecule has 0 spiro atoms. The maximum Gasteiger partial charge on any atom is 0.0726 e. The molecule has 1 N–H and O–H groups in total. The van der Waals surface area contributed by atoms with E-state index in [0.29, 0.717) is 0 Å². The van der Waals surface area contributed by atoms with E-state index in [1.165, 1.54) is 5.69 Å². The lowest BCUT2D eigenvalue weighted by Gasteiger charge is -2.11. The normalized spacial score (nSPS) is 11.1. The van der Waals surface area contributed by atoms with E-state index in [-0.39, 0.29) is 0 Å². The highest BCUT2D eigenvalue weighted by atomic mass is 15.3. The summed E-state index contributed by atoms with van der Waals surface area (Å²) >= 11 is 0. The molecule has 0 fully saturated rings. The lowest BCUT2D eigenvalue weighted by Crippen LogP contribution is -2.08. The third kappa shape index (κ3) is 3.48. The van der Waals surface area contributed by atoms with Gasteiger partial charge in [-0.05, 0) is 36.8 Å². The molecule has 1 heterocycles. The van der Waals surface area contributed by atoms with Crippen molar-refractivity contribution in [2.75, 3.05) is 24.4 Å². The van der Waals surface area contributed by atoms with E-state index in [0.717, 1.165) is 27.8 Å². The van der Waals surface area contributed by atoms with Crippen LogP contribution in [0.15, 0.2) is 59.7 Å². The molecule has 0 aliphatic heterocycles. The van der Waals surface area contributed by atoms with Crippen molar-refractivity contribution < 1.29 is 0 Å². The minimum Gasteiger partial charge on any atom is -0.378 e. The topological polar surface area (TPSA) is 40.5 Å². The highest BCUT2D eigenvalue weighted by Crippen LogP contribution is 2.22. The molecular weight excluding hydrogens is 284 g/mol. The second-order valence-corrected chi connectivity index (χ2v) is 5.68. The van der Waals surface area contributed by atoms with Crippen LogP contribution in [-0.2, 0) is 0 Å². The number of nitrogens with zero attached hydrogens (tertiary/aromatic N) is 3. The summed E-state index contributed by atoms with van der Waals surface area (Å²) in [7, 11) is 4.06. The fraction of sp³-hybridized carbons (Fsp3) is 0.158. The summed E-state index contributed by atoms with van der Waals surface area (Å²) in [5.74, 6) is 0.